The third-order valence-electron chi connectivity index (χ3n) is 5.71. The standard InChI is InChI=1S/C24H40N4O3.HI/c1-6-19(7-2)23(29)28-14-12-20(13-15-28)27-24(25-8-3)26-17-18(4)31-22-11-9-10-21(16-22)30-5;/h9-11,16,18-20H,6-8,12-15,17H2,1-5H3,(H2,25,26,27);1H. The summed E-state index contributed by atoms with van der Waals surface area (Å²) < 4.78 is 11.2. The molecule has 32 heavy (non-hydrogen) atoms. The molecule has 1 unspecified atom stereocenters. The van der Waals surface area contributed by atoms with Gasteiger partial charge in [0.2, 0.25) is 5.91 Å². The fourth-order valence-corrected chi connectivity index (χ4v) is 3.82. The van der Waals surface area contributed by atoms with Crippen molar-refractivity contribution in [1.29, 1.82) is 0 Å². The van der Waals surface area contributed by atoms with Crippen molar-refractivity contribution >= 4 is 35.8 Å². The SMILES string of the molecule is CCNC(=NCC(C)Oc1cccc(OC)c1)NC1CCN(C(=O)C(CC)CC)CC1.I. The van der Waals surface area contributed by atoms with Crippen LogP contribution in [0.4, 0.5) is 0 Å². The minimum atomic E-state index is -0.0675. The van der Waals surface area contributed by atoms with Crippen molar-refractivity contribution in [3.05, 3.63) is 24.3 Å². The number of ether oxygens (including phenoxy) is 2. The fourth-order valence-electron chi connectivity index (χ4n) is 3.82. The molecule has 2 N–H and O–H groups in total. The first-order valence-electron chi connectivity index (χ1n) is 11.6. The molecule has 1 aliphatic heterocycles. The Hall–Kier alpha value is -1.71. The number of aliphatic imine (C=N–C) groups is 1. The largest absolute Gasteiger partial charge is 0.497 e. The Bertz CT molecular complexity index is 704. The Balaban J connectivity index is 0.00000512. The maximum atomic E-state index is 12.6. The van der Waals surface area contributed by atoms with Crippen LogP contribution in [0.15, 0.2) is 29.3 Å². The Morgan fingerprint density at radius 1 is 1.19 bits per heavy atom. The van der Waals surface area contributed by atoms with Crippen LogP contribution in [0, 0.1) is 5.92 Å². The predicted octanol–water partition coefficient (Wildman–Crippen LogP) is 4.06. The van der Waals surface area contributed by atoms with E-state index in [-0.39, 0.29) is 36.0 Å². The number of rotatable bonds is 10. The number of hydrogen-bond donors (Lipinski definition) is 2. The number of guanidine groups is 1. The number of hydrogen-bond acceptors (Lipinski definition) is 4. The summed E-state index contributed by atoms with van der Waals surface area (Å²) in [5.74, 6) is 2.82. The molecule has 8 heteroatoms. The van der Waals surface area contributed by atoms with Crippen LogP contribution in [0.2, 0.25) is 0 Å². The smallest absolute Gasteiger partial charge is 0.225 e. The van der Waals surface area contributed by atoms with Crippen LogP contribution in [0.3, 0.4) is 0 Å². The lowest BCUT2D eigenvalue weighted by Gasteiger charge is -2.35. The second-order valence-electron chi connectivity index (χ2n) is 8.08. The van der Waals surface area contributed by atoms with Gasteiger partial charge in [0, 0.05) is 37.7 Å². The van der Waals surface area contributed by atoms with E-state index in [1.165, 1.54) is 0 Å². The molecule has 1 aliphatic rings. The van der Waals surface area contributed by atoms with Gasteiger partial charge in [-0.15, -0.1) is 24.0 Å². The lowest BCUT2D eigenvalue weighted by Crippen LogP contribution is -2.50. The van der Waals surface area contributed by atoms with Crippen LogP contribution >= 0.6 is 24.0 Å². The second-order valence-corrected chi connectivity index (χ2v) is 8.08. The van der Waals surface area contributed by atoms with Gasteiger partial charge in [-0.1, -0.05) is 19.9 Å². The number of nitrogens with zero attached hydrogens (tertiary/aromatic N) is 2. The molecule has 1 saturated heterocycles. The zero-order chi connectivity index (χ0) is 22.6. The maximum absolute atomic E-state index is 12.6. The van der Waals surface area contributed by atoms with Crippen molar-refractivity contribution in [1.82, 2.24) is 15.5 Å². The van der Waals surface area contributed by atoms with Gasteiger partial charge in [0.05, 0.1) is 13.7 Å². The number of carbonyl (C=O) groups is 1. The van der Waals surface area contributed by atoms with E-state index in [9.17, 15) is 4.79 Å². The Labute approximate surface area is 210 Å². The van der Waals surface area contributed by atoms with Crippen LogP contribution in [-0.4, -0.2) is 62.2 Å². The quantitative estimate of drug-likeness (QED) is 0.257. The van der Waals surface area contributed by atoms with Crippen LogP contribution < -0.4 is 20.1 Å². The normalized spacial score (nSPS) is 15.7. The van der Waals surface area contributed by atoms with Gasteiger partial charge < -0.3 is 25.0 Å². The molecule has 1 amide bonds. The highest BCUT2D eigenvalue weighted by molar-refractivity contribution is 14.0. The van der Waals surface area contributed by atoms with Crippen molar-refractivity contribution in [2.75, 3.05) is 33.3 Å². The molecule has 0 aliphatic carbocycles. The van der Waals surface area contributed by atoms with E-state index < -0.39 is 0 Å². The van der Waals surface area contributed by atoms with E-state index >= 15 is 0 Å². The number of likely N-dealkylation sites (tertiary alicyclic amines) is 1. The first kappa shape index (κ1) is 28.3. The van der Waals surface area contributed by atoms with E-state index in [0.717, 1.165) is 62.8 Å². The Morgan fingerprint density at radius 2 is 1.84 bits per heavy atom. The predicted molar refractivity (Wildman–Crippen MR) is 141 cm³/mol. The van der Waals surface area contributed by atoms with E-state index in [1.807, 2.05) is 36.1 Å². The molecule has 1 heterocycles. The van der Waals surface area contributed by atoms with Gasteiger partial charge in [-0.3, -0.25) is 4.79 Å². The van der Waals surface area contributed by atoms with Gasteiger partial charge in [-0.05, 0) is 51.7 Å². The van der Waals surface area contributed by atoms with Crippen molar-refractivity contribution in [2.24, 2.45) is 10.9 Å². The zero-order valence-electron chi connectivity index (χ0n) is 20.2. The third-order valence-corrected chi connectivity index (χ3v) is 5.71. The fraction of sp³-hybridized carbons (Fsp3) is 0.667. The molecule has 0 aromatic heterocycles. The first-order chi connectivity index (χ1) is 15.0. The van der Waals surface area contributed by atoms with Gasteiger partial charge in [-0.2, -0.15) is 0 Å². The van der Waals surface area contributed by atoms with E-state index in [2.05, 4.69) is 31.4 Å². The van der Waals surface area contributed by atoms with Crippen molar-refractivity contribution < 1.29 is 14.3 Å². The minimum absolute atomic E-state index is 0. The summed E-state index contributed by atoms with van der Waals surface area (Å²) in [7, 11) is 1.65. The highest BCUT2D eigenvalue weighted by Gasteiger charge is 2.26. The monoisotopic (exact) mass is 560 g/mol. The average Bonchev–Trinajstić information content (AvgIpc) is 2.79. The van der Waals surface area contributed by atoms with Gasteiger partial charge in [0.15, 0.2) is 5.96 Å². The molecule has 1 aromatic rings. The lowest BCUT2D eigenvalue weighted by atomic mass is 9.98. The lowest BCUT2D eigenvalue weighted by molar-refractivity contribution is -0.136. The number of carbonyl (C=O) groups excluding carboxylic acids is 1. The van der Waals surface area contributed by atoms with Gasteiger partial charge in [-0.25, -0.2) is 4.99 Å². The number of amides is 1. The molecular formula is C24H41IN4O3. The number of piperidine rings is 1. The summed E-state index contributed by atoms with van der Waals surface area (Å²) in [6.07, 6.45) is 3.64. The summed E-state index contributed by atoms with van der Waals surface area (Å²) in [6, 6.07) is 7.92. The van der Waals surface area contributed by atoms with Crippen molar-refractivity contribution in [3.63, 3.8) is 0 Å². The molecule has 1 aromatic carbocycles. The molecule has 1 fully saturated rings. The Morgan fingerprint density at radius 3 is 2.44 bits per heavy atom. The molecule has 182 valence electrons. The highest BCUT2D eigenvalue weighted by Crippen LogP contribution is 2.20. The molecule has 7 nitrogen and oxygen atoms in total. The number of benzene rings is 1. The summed E-state index contributed by atoms with van der Waals surface area (Å²) >= 11 is 0. The second kappa shape index (κ2) is 15.2. The van der Waals surface area contributed by atoms with Crippen LogP contribution in [0.1, 0.15) is 53.4 Å². The van der Waals surface area contributed by atoms with Crippen LogP contribution in [0.5, 0.6) is 11.5 Å². The molecular weight excluding hydrogens is 519 g/mol. The van der Waals surface area contributed by atoms with Crippen LogP contribution in [-0.2, 0) is 4.79 Å². The van der Waals surface area contributed by atoms with E-state index in [4.69, 9.17) is 14.5 Å². The number of methoxy groups -OCH3 is 1. The summed E-state index contributed by atoms with van der Waals surface area (Å²) in [5, 5.41) is 6.86. The van der Waals surface area contributed by atoms with Gasteiger partial charge in [0.1, 0.15) is 17.6 Å². The molecule has 1 atom stereocenters. The molecule has 0 bridgehead atoms. The number of nitrogens with one attached hydrogen (secondary N) is 2. The topological polar surface area (TPSA) is 75.2 Å². The highest BCUT2D eigenvalue weighted by atomic mass is 127. The molecule has 0 saturated carbocycles. The van der Waals surface area contributed by atoms with Crippen molar-refractivity contribution in [2.45, 2.75) is 65.5 Å². The molecule has 0 spiro atoms. The number of halogens is 1. The molecule has 2 rings (SSSR count). The summed E-state index contributed by atoms with van der Waals surface area (Å²) in [6.45, 7) is 11.2. The van der Waals surface area contributed by atoms with Crippen molar-refractivity contribution in [3.8, 4) is 11.5 Å². The van der Waals surface area contributed by atoms with E-state index in [0.29, 0.717) is 18.5 Å². The third kappa shape index (κ3) is 9.03. The Kier molecular flexibility index (Phi) is 13.4. The van der Waals surface area contributed by atoms with Gasteiger partial charge >= 0.3 is 0 Å². The van der Waals surface area contributed by atoms with E-state index in [1.54, 1.807) is 7.11 Å². The van der Waals surface area contributed by atoms with Crippen LogP contribution in [0.25, 0.3) is 0 Å². The molecule has 0 radical (unpaired) electrons. The summed E-state index contributed by atoms with van der Waals surface area (Å²) in [5.41, 5.74) is 0. The van der Waals surface area contributed by atoms with Gasteiger partial charge in [0.25, 0.3) is 0 Å². The first-order valence-corrected chi connectivity index (χ1v) is 11.6. The maximum Gasteiger partial charge on any atom is 0.225 e. The summed E-state index contributed by atoms with van der Waals surface area (Å²) in [4.78, 5) is 19.4. The zero-order valence-corrected chi connectivity index (χ0v) is 22.6. The minimum Gasteiger partial charge on any atom is -0.497 e. The average molecular weight is 561 g/mol.